The Kier molecular flexibility index (Phi) is 10.3. The van der Waals surface area contributed by atoms with Gasteiger partial charge in [-0.2, -0.15) is 0 Å². The number of rotatable bonds is 10. The first-order valence-corrected chi connectivity index (χ1v) is 9.24. The molecule has 1 aromatic carbocycles. The molecule has 0 fully saturated rings. The van der Waals surface area contributed by atoms with E-state index in [4.69, 9.17) is 14.2 Å². The lowest BCUT2D eigenvalue weighted by Gasteiger charge is -2.24. The molecule has 1 aromatic rings. The fraction of sp³-hybridized carbons (Fsp3) is 0.600. The lowest BCUT2D eigenvalue weighted by molar-refractivity contribution is 0.0279. The number of carbonyl (C=O) groups excluding carboxylic acids is 2. The maximum atomic E-state index is 11.8. The Morgan fingerprint density at radius 3 is 2.41 bits per heavy atom. The third-order valence-corrected chi connectivity index (χ3v) is 3.43. The monoisotopic (exact) mass is 380 g/mol. The van der Waals surface area contributed by atoms with Gasteiger partial charge in [-0.25, -0.2) is 9.59 Å². The molecule has 0 heterocycles. The molecule has 1 rings (SSSR count). The van der Waals surface area contributed by atoms with E-state index in [1.54, 1.807) is 11.9 Å². The van der Waals surface area contributed by atoms with E-state index >= 15 is 0 Å². The zero-order chi connectivity index (χ0) is 20.1. The van der Waals surface area contributed by atoms with Gasteiger partial charge in [0, 0.05) is 33.4 Å². The van der Waals surface area contributed by atoms with Crippen molar-refractivity contribution in [3.05, 3.63) is 35.9 Å². The molecule has 7 nitrogen and oxygen atoms in total. The van der Waals surface area contributed by atoms with Gasteiger partial charge in [0.25, 0.3) is 0 Å². The number of hydrogen-bond acceptors (Lipinski definition) is 5. The summed E-state index contributed by atoms with van der Waals surface area (Å²) in [6.07, 6.45) is 0.656. The molecule has 0 spiro atoms. The molecule has 0 saturated carbocycles. The quantitative estimate of drug-likeness (QED) is 0.628. The van der Waals surface area contributed by atoms with Gasteiger partial charge in [-0.1, -0.05) is 30.3 Å². The van der Waals surface area contributed by atoms with Crippen LogP contribution in [0, 0.1) is 0 Å². The van der Waals surface area contributed by atoms with Crippen molar-refractivity contribution in [3.63, 3.8) is 0 Å². The van der Waals surface area contributed by atoms with Gasteiger partial charge in [0.1, 0.15) is 12.2 Å². The van der Waals surface area contributed by atoms with E-state index in [0.717, 1.165) is 12.0 Å². The van der Waals surface area contributed by atoms with E-state index in [0.29, 0.717) is 32.7 Å². The molecular weight excluding hydrogens is 348 g/mol. The molecule has 27 heavy (non-hydrogen) atoms. The van der Waals surface area contributed by atoms with Crippen LogP contribution in [0.15, 0.2) is 30.3 Å². The highest BCUT2D eigenvalue weighted by Crippen LogP contribution is 2.09. The van der Waals surface area contributed by atoms with Crippen molar-refractivity contribution >= 4 is 12.2 Å². The Morgan fingerprint density at radius 2 is 1.74 bits per heavy atom. The number of nitrogens with one attached hydrogen (secondary N) is 1. The third-order valence-electron chi connectivity index (χ3n) is 3.43. The number of ether oxygens (including phenoxy) is 3. The van der Waals surface area contributed by atoms with Gasteiger partial charge in [0.05, 0.1) is 0 Å². The Bertz CT molecular complexity index is 557. The van der Waals surface area contributed by atoms with Crippen molar-refractivity contribution in [1.82, 2.24) is 10.2 Å². The average molecular weight is 380 g/mol. The van der Waals surface area contributed by atoms with Gasteiger partial charge in [-0.15, -0.1) is 0 Å². The zero-order valence-electron chi connectivity index (χ0n) is 16.8. The normalized spacial score (nSPS) is 11.0. The number of carbonyl (C=O) groups is 2. The number of benzene rings is 1. The van der Waals surface area contributed by atoms with Gasteiger partial charge >= 0.3 is 12.2 Å². The maximum Gasteiger partial charge on any atom is 0.410 e. The van der Waals surface area contributed by atoms with E-state index in [1.807, 2.05) is 51.1 Å². The first kappa shape index (κ1) is 22.8. The third kappa shape index (κ3) is 11.9. The molecule has 0 unspecified atom stereocenters. The Hall–Kier alpha value is -2.28. The van der Waals surface area contributed by atoms with Crippen LogP contribution in [0.5, 0.6) is 0 Å². The Labute approximate surface area is 162 Å². The van der Waals surface area contributed by atoms with Crippen molar-refractivity contribution in [3.8, 4) is 0 Å². The summed E-state index contributed by atoms with van der Waals surface area (Å²) >= 11 is 0. The fourth-order valence-electron chi connectivity index (χ4n) is 2.08. The van der Waals surface area contributed by atoms with Gasteiger partial charge in [0.2, 0.25) is 0 Å². The van der Waals surface area contributed by atoms with Gasteiger partial charge < -0.3 is 24.4 Å². The number of nitrogens with zero attached hydrogens (tertiary/aromatic N) is 1. The molecule has 0 aliphatic heterocycles. The second kappa shape index (κ2) is 12.2. The summed E-state index contributed by atoms with van der Waals surface area (Å²) in [5.41, 5.74) is 0.462. The zero-order valence-corrected chi connectivity index (χ0v) is 16.8. The fourth-order valence-corrected chi connectivity index (χ4v) is 2.08. The lowest BCUT2D eigenvalue weighted by Crippen LogP contribution is -2.35. The molecule has 7 heteroatoms. The predicted molar refractivity (Wildman–Crippen MR) is 104 cm³/mol. The second-order valence-corrected chi connectivity index (χ2v) is 7.21. The number of hydrogen-bond donors (Lipinski definition) is 1. The maximum absolute atomic E-state index is 11.8. The smallest absolute Gasteiger partial charge is 0.410 e. The minimum absolute atomic E-state index is 0.258. The van der Waals surface area contributed by atoms with E-state index < -0.39 is 11.7 Å². The first-order chi connectivity index (χ1) is 12.8. The minimum Gasteiger partial charge on any atom is -0.445 e. The van der Waals surface area contributed by atoms with Crippen LogP contribution in [0.25, 0.3) is 0 Å². The van der Waals surface area contributed by atoms with Crippen LogP contribution in [0.3, 0.4) is 0 Å². The highest BCUT2D eigenvalue weighted by molar-refractivity contribution is 5.67. The second-order valence-electron chi connectivity index (χ2n) is 7.21. The van der Waals surface area contributed by atoms with Crippen LogP contribution in [0.4, 0.5) is 9.59 Å². The van der Waals surface area contributed by atoms with Gasteiger partial charge in [-0.05, 0) is 39.2 Å². The van der Waals surface area contributed by atoms with Crippen molar-refractivity contribution in [1.29, 1.82) is 0 Å². The van der Waals surface area contributed by atoms with E-state index in [2.05, 4.69) is 5.32 Å². The summed E-state index contributed by atoms with van der Waals surface area (Å²) in [6, 6.07) is 9.53. The molecule has 1 N–H and O–H groups in total. The molecule has 0 aliphatic carbocycles. The van der Waals surface area contributed by atoms with Crippen LogP contribution in [0.2, 0.25) is 0 Å². The van der Waals surface area contributed by atoms with E-state index in [9.17, 15) is 9.59 Å². The van der Waals surface area contributed by atoms with E-state index in [1.165, 1.54) is 0 Å². The van der Waals surface area contributed by atoms with Crippen molar-refractivity contribution in [2.75, 3.05) is 33.4 Å². The first-order valence-electron chi connectivity index (χ1n) is 9.24. The Balaban J connectivity index is 1.96. The SMILES string of the molecule is CN(CCCOCCCNC(=O)OCc1ccccc1)C(=O)OC(C)(C)C. The summed E-state index contributed by atoms with van der Waals surface area (Å²) in [7, 11) is 1.71. The van der Waals surface area contributed by atoms with Crippen LogP contribution in [-0.4, -0.2) is 56.0 Å². The van der Waals surface area contributed by atoms with Crippen LogP contribution in [-0.2, 0) is 20.8 Å². The standard InChI is InChI=1S/C20H32N2O5/c1-20(2,3)27-19(24)22(4)13-9-15-25-14-8-12-21-18(23)26-16-17-10-6-5-7-11-17/h5-7,10-11H,8-9,12-16H2,1-4H3,(H,21,23). The van der Waals surface area contributed by atoms with E-state index in [-0.39, 0.29) is 12.7 Å². The van der Waals surface area contributed by atoms with Gasteiger partial charge in [-0.3, -0.25) is 0 Å². The largest absolute Gasteiger partial charge is 0.445 e. The average Bonchev–Trinajstić information content (AvgIpc) is 2.61. The predicted octanol–water partition coefficient (Wildman–Crippen LogP) is 3.58. The lowest BCUT2D eigenvalue weighted by atomic mass is 10.2. The summed E-state index contributed by atoms with van der Waals surface area (Å²) in [4.78, 5) is 24.9. The van der Waals surface area contributed by atoms with Crippen molar-refractivity contribution < 1.29 is 23.8 Å². The number of amides is 2. The summed E-state index contributed by atoms with van der Waals surface area (Å²) in [5.74, 6) is 0. The van der Waals surface area contributed by atoms with Crippen LogP contribution < -0.4 is 5.32 Å². The molecule has 0 atom stereocenters. The highest BCUT2D eigenvalue weighted by atomic mass is 16.6. The molecule has 2 amide bonds. The van der Waals surface area contributed by atoms with Crippen molar-refractivity contribution in [2.45, 2.75) is 45.8 Å². The number of alkyl carbamates (subject to hydrolysis) is 1. The topological polar surface area (TPSA) is 77.1 Å². The van der Waals surface area contributed by atoms with Crippen molar-refractivity contribution in [2.24, 2.45) is 0 Å². The Morgan fingerprint density at radius 1 is 1.07 bits per heavy atom. The molecule has 0 bridgehead atoms. The van der Waals surface area contributed by atoms with Gasteiger partial charge in [0.15, 0.2) is 0 Å². The van der Waals surface area contributed by atoms with Crippen LogP contribution >= 0.6 is 0 Å². The molecule has 0 radical (unpaired) electrons. The molecule has 0 aromatic heterocycles. The molecule has 0 aliphatic rings. The molecule has 0 saturated heterocycles. The minimum atomic E-state index is -0.489. The summed E-state index contributed by atoms with van der Waals surface area (Å²) < 4.78 is 15.9. The highest BCUT2D eigenvalue weighted by Gasteiger charge is 2.19. The van der Waals surface area contributed by atoms with Crippen LogP contribution in [0.1, 0.15) is 39.2 Å². The summed E-state index contributed by atoms with van der Waals surface area (Å²) in [5, 5.41) is 2.69. The summed E-state index contributed by atoms with van der Waals surface area (Å²) in [6.45, 7) is 7.92. The molecular formula is C20H32N2O5. The molecule has 152 valence electrons.